The first-order valence-electron chi connectivity index (χ1n) is 8.11. The third kappa shape index (κ3) is 5.23. The maximum Gasteiger partial charge on any atom is 0.138 e. The summed E-state index contributed by atoms with van der Waals surface area (Å²) < 4.78 is 5.80. The number of rotatable bonds is 7. The maximum atomic E-state index is 6.34. The molecule has 0 saturated heterocycles. The Hall–Kier alpha value is -2.00. The Morgan fingerprint density at radius 3 is 2.24 bits per heavy atom. The fourth-order valence-electron chi connectivity index (χ4n) is 2.49. The molecule has 0 unspecified atom stereocenters. The summed E-state index contributed by atoms with van der Waals surface area (Å²) in [6.07, 6.45) is 0. The zero-order valence-corrected chi connectivity index (χ0v) is 15.2. The second-order valence-electron chi connectivity index (χ2n) is 5.73. The lowest BCUT2D eigenvalue weighted by Gasteiger charge is -2.11. The van der Waals surface area contributed by atoms with Crippen LogP contribution in [0.15, 0.2) is 72.8 Å². The minimum atomic E-state index is 0.505. The Bertz CT molecular complexity index is 821. The first-order chi connectivity index (χ1) is 12.2. The molecule has 0 atom stereocenters. The van der Waals surface area contributed by atoms with E-state index in [-0.39, 0.29) is 0 Å². The summed E-state index contributed by atoms with van der Waals surface area (Å²) >= 11 is 12.5. The van der Waals surface area contributed by atoms with E-state index in [1.807, 2.05) is 72.8 Å². The van der Waals surface area contributed by atoms with E-state index in [9.17, 15) is 0 Å². The third-order valence-electron chi connectivity index (χ3n) is 3.84. The molecule has 128 valence electrons. The van der Waals surface area contributed by atoms with Crippen molar-refractivity contribution in [2.75, 3.05) is 0 Å². The monoisotopic (exact) mass is 371 g/mol. The van der Waals surface area contributed by atoms with Gasteiger partial charge in [0, 0.05) is 18.1 Å². The number of ether oxygens (including phenoxy) is 1. The van der Waals surface area contributed by atoms with Crippen molar-refractivity contribution in [1.29, 1.82) is 0 Å². The van der Waals surface area contributed by atoms with E-state index in [2.05, 4.69) is 5.32 Å². The SMILES string of the molecule is Clc1ccccc1CNCc1ccc(OCc2ccccc2)c(Cl)c1. The minimum Gasteiger partial charge on any atom is -0.487 e. The minimum absolute atomic E-state index is 0.505. The van der Waals surface area contributed by atoms with Crippen molar-refractivity contribution in [2.24, 2.45) is 0 Å². The van der Waals surface area contributed by atoms with E-state index in [0.29, 0.717) is 30.5 Å². The van der Waals surface area contributed by atoms with E-state index >= 15 is 0 Å². The molecule has 0 aliphatic carbocycles. The summed E-state index contributed by atoms with van der Waals surface area (Å²) in [5.41, 5.74) is 3.30. The van der Waals surface area contributed by atoms with E-state index in [1.54, 1.807) is 0 Å². The summed E-state index contributed by atoms with van der Waals surface area (Å²) in [4.78, 5) is 0. The van der Waals surface area contributed by atoms with Gasteiger partial charge < -0.3 is 10.1 Å². The molecule has 25 heavy (non-hydrogen) atoms. The van der Waals surface area contributed by atoms with Crippen molar-refractivity contribution in [1.82, 2.24) is 5.32 Å². The van der Waals surface area contributed by atoms with Crippen LogP contribution in [-0.4, -0.2) is 0 Å². The van der Waals surface area contributed by atoms with Gasteiger partial charge in [-0.2, -0.15) is 0 Å². The molecule has 0 radical (unpaired) electrons. The van der Waals surface area contributed by atoms with E-state index < -0.39 is 0 Å². The Morgan fingerprint density at radius 1 is 0.720 bits per heavy atom. The molecular weight excluding hydrogens is 353 g/mol. The van der Waals surface area contributed by atoms with Gasteiger partial charge in [0.2, 0.25) is 0 Å². The van der Waals surface area contributed by atoms with Gasteiger partial charge in [0.05, 0.1) is 5.02 Å². The molecule has 0 aromatic heterocycles. The predicted octanol–water partition coefficient (Wildman–Crippen LogP) is 5.86. The van der Waals surface area contributed by atoms with Crippen LogP contribution in [-0.2, 0) is 19.7 Å². The van der Waals surface area contributed by atoms with Crippen LogP contribution in [0.1, 0.15) is 16.7 Å². The molecule has 0 heterocycles. The van der Waals surface area contributed by atoms with Gasteiger partial charge in [-0.1, -0.05) is 77.8 Å². The molecule has 0 aliphatic rings. The van der Waals surface area contributed by atoms with Crippen molar-refractivity contribution >= 4 is 23.2 Å². The summed E-state index contributed by atoms with van der Waals surface area (Å²) in [5, 5.41) is 4.77. The zero-order chi connectivity index (χ0) is 17.5. The molecule has 0 aliphatic heterocycles. The number of nitrogens with one attached hydrogen (secondary N) is 1. The van der Waals surface area contributed by atoms with Gasteiger partial charge in [-0.3, -0.25) is 0 Å². The topological polar surface area (TPSA) is 21.3 Å². The predicted molar refractivity (Wildman–Crippen MR) is 104 cm³/mol. The summed E-state index contributed by atoms with van der Waals surface area (Å²) in [6.45, 7) is 1.93. The van der Waals surface area contributed by atoms with Crippen molar-refractivity contribution in [3.8, 4) is 5.75 Å². The lowest BCUT2D eigenvalue weighted by Crippen LogP contribution is -2.13. The van der Waals surface area contributed by atoms with E-state index in [4.69, 9.17) is 27.9 Å². The van der Waals surface area contributed by atoms with Crippen LogP contribution in [0, 0.1) is 0 Å². The van der Waals surface area contributed by atoms with Crippen LogP contribution >= 0.6 is 23.2 Å². The lowest BCUT2D eigenvalue weighted by atomic mass is 10.2. The highest BCUT2D eigenvalue weighted by Gasteiger charge is 2.04. The molecular formula is C21H19Cl2NO. The van der Waals surface area contributed by atoms with Crippen LogP contribution < -0.4 is 10.1 Å². The van der Waals surface area contributed by atoms with Crippen LogP contribution in [0.5, 0.6) is 5.75 Å². The Kier molecular flexibility index (Phi) is 6.35. The highest BCUT2D eigenvalue weighted by molar-refractivity contribution is 6.32. The fraction of sp³-hybridized carbons (Fsp3) is 0.143. The average Bonchev–Trinajstić information content (AvgIpc) is 2.63. The highest BCUT2D eigenvalue weighted by Crippen LogP contribution is 2.26. The van der Waals surface area contributed by atoms with Crippen molar-refractivity contribution < 1.29 is 4.74 Å². The molecule has 0 amide bonds. The van der Waals surface area contributed by atoms with Crippen LogP contribution in [0.3, 0.4) is 0 Å². The van der Waals surface area contributed by atoms with Crippen molar-refractivity contribution in [3.05, 3.63) is 99.5 Å². The summed E-state index contributed by atoms with van der Waals surface area (Å²) in [5.74, 6) is 0.695. The van der Waals surface area contributed by atoms with Gasteiger partial charge in [0.1, 0.15) is 12.4 Å². The first-order valence-corrected chi connectivity index (χ1v) is 8.87. The molecule has 0 saturated carbocycles. The zero-order valence-electron chi connectivity index (χ0n) is 13.7. The first kappa shape index (κ1) is 17.8. The van der Waals surface area contributed by atoms with Crippen LogP contribution in [0.4, 0.5) is 0 Å². The molecule has 2 nitrogen and oxygen atoms in total. The summed E-state index contributed by atoms with van der Waals surface area (Å²) in [7, 11) is 0. The molecule has 3 aromatic rings. The molecule has 0 spiro atoms. The lowest BCUT2D eigenvalue weighted by molar-refractivity contribution is 0.306. The van der Waals surface area contributed by atoms with Crippen LogP contribution in [0.2, 0.25) is 10.0 Å². The van der Waals surface area contributed by atoms with Gasteiger partial charge in [0.15, 0.2) is 0 Å². The highest BCUT2D eigenvalue weighted by atomic mass is 35.5. The number of halogens is 2. The van der Waals surface area contributed by atoms with Gasteiger partial charge in [-0.05, 0) is 34.9 Å². The number of hydrogen-bond donors (Lipinski definition) is 1. The molecule has 3 rings (SSSR count). The smallest absolute Gasteiger partial charge is 0.138 e. The summed E-state index contributed by atoms with van der Waals surface area (Å²) in [6, 6.07) is 23.7. The van der Waals surface area contributed by atoms with Gasteiger partial charge in [0.25, 0.3) is 0 Å². The maximum absolute atomic E-state index is 6.34. The molecule has 3 aromatic carbocycles. The molecule has 0 fully saturated rings. The normalized spacial score (nSPS) is 10.6. The number of hydrogen-bond acceptors (Lipinski definition) is 2. The van der Waals surface area contributed by atoms with Crippen LogP contribution in [0.25, 0.3) is 0 Å². The molecule has 0 bridgehead atoms. The van der Waals surface area contributed by atoms with Gasteiger partial charge >= 0.3 is 0 Å². The number of benzene rings is 3. The largest absolute Gasteiger partial charge is 0.487 e. The van der Waals surface area contributed by atoms with E-state index in [0.717, 1.165) is 21.7 Å². The average molecular weight is 372 g/mol. The fourth-order valence-corrected chi connectivity index (χ4v) is 2.95. The standard InChI is InChI=1S/C21H19Cl2NO/c22-19-9-5-4-8-18(19)14-24-13-17-10-11-21(20(23)12-17)25-15-16-6-2-1-3-7-16/h1-12,24H,13-15H2. The Morgan fingerprint density at radius 2 is 1.48 bits per heavy atom. The Labute approximate surface area is 158 Å². The van der Waals surface area contributed by atoms with Gasteiger partial charge in [-0.25, -0.2) is 0 Å². The third-order valence-corrected chi connectivity index (χ3v) is 4.50. The Balaban J connectivity index is 1.54. The van der Waals surface area contributed by atoms with Crippen molar-refractivity contribution in [3.63, 3.8) is 0 Å². The molecule has 1 N–H and O–H groups in total. The van der Waals surface area contributed by atoms with E-state index in [1.165, 1.54) is 0 Å². The molecule has 4 heteroatoms. The second-order valence-corrected chi connectivity index (χ2v) is 6.55. The van der Waals surface area contributed by atoms with Gasteiger partial charge in [-0.15, -0.1) is 0 Å². The van der Waals surface area contributed by atoms with Crippen molar-refractivity contribution in [2.45, 2.75) is 19.7 Å². The quantitative estimate of drug-likeness (QED) is 0.561. The second kappa shape index (κ2) is 8.91.